The molecule has 1 amide bonds. The van der Waals surface area contributed by atoms with Crippen molar-refractivity contribution in [3.63, 3.8) is 0 Å². The highest BCUT2D eigenvalue weighted by atomic mass is 35.5. The van der Waals surface area contributed by atoms with E-state index in [-0.39, 0.29) is 11.9 Å². The van der Waals surface area contributed by atoms with Crippen LogP contribution in [0.1, 0.15) is 62.0 Å². The predicted molar refractivity (Wildman–Crippen MR) is 99.0 cm³/mol. The number of amides is 1. The Bertz CT molecular complexity index is 785. The lowest BCUT2D eigenvalue weighted by molar-refractivity contribution is -0.119. The number of halogens is 1. The van der Waals surface area contributed by atoms with E-state index in [4.69, 9.17) is 11.6 Å². The summed E-state index contributed by atoms with van der Waals surface area (Å²) in [6.45, 7) is 1.95. The van der Waals surface area contributed by atoms with E-state index < -0.39 is 0 Å². The average molecular weight is 377 g/mol. The average Bonchev–Trinajstić information content (AvgIpc) is 3.52. The Kier molecular flexibility index (Phi) is 4.73. The van der Waals surface area contributed by atoms with Crippen LogP contribution in [0.25, 0.3) is 0 Å². The molecule has 4 rings (SSSR count). The van der Waals surface area contributed by atoms with Gasteiger partial charge in [-0.05, 0) is 44.2 Å². The fourth-order valence-corrected chi connectivity index (χ4v) is 4.12. The second kappa shape index (κ2) is 7.00. The van der Waals surface area contributed by atoms with Crippen molar-refractivity contribution in [2.45, 2.75) is 55.8 Å². The normalized spacial score (nSPS) is 18.2. The minimum atomic E-state index is -0.120. The van der Waals surface area contributed by atoms with Crippen LogP contribution in [0.2, 0.25) is 5.02 Å². The van der Waals surface area contributed by atoms with Crippen molar-refractivity contribution in [1.82, 2.24) is 20.1 Å². The summed E-state index contributed by atoms with van der Waals surface area (Å²) >= 11 is 7.67. The molecule has 0 aliphatic heterocycles. The number of benzene rings is 1. The largest absolute Gasteiger partial charge is 0.349 e. The van der Waals surface area contributed by atoms with Gasteiger partial charge >= 0.3 is 0 Å². The monoisotopic (exact) mass is 376 g/mol. The summed E-state index contributed by atoms with van der Waals surface area (Å²) in [7, 11) is 0. The number of carbonyl (C=O) groups excluding carboxylic acids is 1. The zero-order valence-corrected chi connectivity index (χ0v) is 15.7. The van der Waals surface area contributed by atoms with Gasteiger partial charge in [0.05, 0.1) is 11.8 Å². The highest BCUT2D eigenvalue weighted by Gasteiger charge is 2.36. The Hall–Kier alpha value is -1.53. The van der Waals surface area contributed by atoms with Crippen LogP contribution in [-0.2, 0) is 4.79 Å². The number of nitrogens with zero attached hydrogens (tertiary/aromatic N) is 3. The van der Waals surface area contributed by atoms with Crippen molar-refractivity contribution < 1.29 is 4.79 Å². The van der Waals surface area contributed by atoms with Crippen LogP contribution < -0.4 is 5.32 Å². The van der Waals surface area contributed by atoms with Gasteiger partial charge in [-0.1, -0.05) is 41.6 Å². The number of aromatic nitrogens is 3. The van der Waals surface area contributed by atoms with Crippen molar-refractivity contribution in [2.75, 3.05) is 5.75 Å². The molecule has 2 fully saturated rings. The van der Waals surface area contributed by atoms with Crippen molar-refractivity contribution in [1.29, 1.82) is 0 Å². The number of rotatable bonds is 7. The quantitative estimate of drug-likeness (QED) is 0.738. The first kappa shape index (κ1) is 16.9. The molecule has 0 unspecified atom stereocenters. The maximum absolute atomic E-state index is 12.3. The fourth-order valence-electron chi connectivity index (χ4n) is 3.00. The number of nitrogens with one attached hydrogen (secondary N) is 1. The molecule has 2 saturated carbocycles. The molecule has 1 N–H and O–H groups in total. The van der Waals surface area contributed by atoms with E-state index in [0.29, 0.717) is 22.7 Å². The highest BCUT2D eigenvalue weighted by molar-refractivity contribution is 7.99. The summed E-state index contributed by atoms with van der Waals surface area (Å²) in [4.78, 5) is 12.3. The zero-order chi connectivity index (χ0) is 17.4. The first-order valence-corrected chi connectivity index (χ1v) is 10.1. The molecule has 7 heteroatoms. The van der Waals surface area contributed by atoms with E-state index in [1.807, 2.05) is 31.2 Å². The minimum absolute atomic E-state index is 0.0178. The van der Waals surface area contributed by atoms with Gasteiger partial charge in [-0.2, -0.15) is 0 Å². The second-order valence-electron chi connectivity index (χ2n) is 6.82. The summed E-state index contributed by atoms with van der Waals surface area (Å²) < 4.78 is 2.27. The van der Waals surface area contributed by atoms with E-state index in [1.54, 1.807) is 0 Å². The predicted octanol–water partition coefficient (Wildman–Crippen LogP) is 4.11. The number of hydrogen-bond donors (Lipinski definition) is 1. The third-order valence-corrected chi connectivity index (χ3v) is 5.91. The van der Waals surface area contributed by atoms with E-state index in [0.717, 1.165) is 16.5 Å². The van der Waals surface area contributed by atoms with Crippen LogP contribution in [0, 0.1) is 0 Å². The van der Waals surface area contributed by atoms with E-state index in [1.165, 1.54) is 37.4 Å². The van der Waals surface area contributed by atoms with Gasteiger partial charge in [0, 0.05) is 17.0 Å². The molecular formula is C18H21ClN4OS. The van der Waals surface area contributed by atoms with Gasteiger partial charge in [0.1, 0.15) is 5.82 Å². The van der Waals surface area contributed by atoms with Crippen molar-refractivity contribution in [2.24, 2.45) is 0 Å². The summed E-state index contributed by atoms with van der Waals surface area (Å²) in [5.74, 6) is 2.02. The van der Waals surface area contributed by atoms with Gasteiger partial charge < -0.3 is 9.88 Å². The van der Waals surface area contributed by atoms with Crippen molar-refractivity contribution in [3.05, 3.63) is 40.7 Å². The molecule has 1 atom stereocenters. The van der Waals surface area contributed by atoms with Crippen LogP contribution >= 0.6 is 23.4 Å². The molecule has 0 radical (unpaired) electrons. The molecule has 0 spiro atoms. The van der Waals surface area contributed by atoms with Crippen molar-refractivity contribution >= 4 is 29.3 Å². The van der Waals surface area contributed by atoms with Crippen molar-refractivity contribution in [3.8, 4) is 0 Å². The SMILES string of the molecule is C[C@@H](NC(=O)CSc1nnc(C2CC2)n1C1CC1)c1ccccc1Cl. The molecule has 0 saturated heterocycles. The molecular weight excluding hydrogens is 356 g/mol. The second-order valence-corrected chi connectivity index (χ2v) is 8.17. The van der Waals surface area contributed by atoms with Crippen LogP contribution in [0.4, 0.5) is 0 Å². The van der Waals surface area contributed by atoms with Crippen LogP contribution in [0.15, 0.2) is 29.4 Å². The third kappa shape index (κ3) is 3.85. The zero-order valence-electron chi connectivity index (χ0n) is 14.1. The Balaban J connectivity index is 1.37. The first-order chi connectivity index (χ1) is 12.1. The van der Waals surface area contributed by atoms with Gasteiger partial charge in [-0.15, -0.1) is 10.2 Å². The van der Waals surface area contributed by atoms with Gasteiger partial charge in [0.15, 0.2) is 5.16 Å². The van der Waals surface area contributed by atoms with E-state index in [9.17, 15) is 4.79 Å². The van der Waals surface area contributed by atoms with Gasteiger partial charge in [0.2, 0.25) is 5.91 Å². The Morgan fingerprint density at radius 3 is 2.76 bits per heavy atom. The lowest BCUT2D eigenvalue weighted by Gasteiger charge is -2.15. The summed E-state index contributed by atoms with van der Waals surface area (Å²) in [6, 6.07) is 8.01. The van der Waals surface area contributed by atoms with Crippen LogP contribution in [-0.4, -0.2) is 26.4 Å². The van der Waals surface area contributed by atoms with Gasteiger partial charge in [-0.3, -0.25) is 4.79 Å². The number of carbonyl (C=O) groups is 1. The van der Waals surface area contributed by atoms with E-state index in [2.05, 4.69) is 20.1 Å². The summed E-state index contributed by atoms with van der Waals surface area (Å²) in [5, 5.41) is 13.3. The number of thioether (sulfide) groups is 1. The molecule has 5 nitrogen and oxygen atoms in total. The Morgan fingerprint density at radius 1 is 1.32 bits per heavy atom. The molecule has 2 aromatic rings. The van der Waals surface area contributed by atoms with Gasteiger partial charge in [0.25, 0.3) is 0 Å². The first-order valence-electron chi connectivity index (χ1n) is 8.75. The summed E-state index contributed by atoms with van der Waals surface area (Å²) in [5.41, 5.74) is 0.930. The van der Waals surface area contributed by atoms with Crippen LogP contribution in [0.3, 0.4) is 0 Å². The lowest BCUT2D eigenvalue weighted by atomic mass is 10.1. The molecule has 1 aromatic heterocycles. The lowest BCUT2D eigenvalue weighted by Crippen LogP contribution is -2.28. The Morgan fingerprint density at radius 2 is 2.08 bits per heavy atom. The summed E-state index contributed by atoms with van der Waals surface area (Å²) in [6.07, 6.45) is 4.82. The minimum Gasteiger partial charge on any atom is -0.349 e. The maximum Gasteiger partial charge on any atom is 0.230 e. The van der Waals surface area contributed by atoms with Gasteiger partial charge in [-0.25, -0.2) is 0 Å². The number of hydrogen-bond acceptors (Lipinski definition) is 4. The standard InChI is InChI=1S/C18H21ClN4OS/c1-11(14-4-2-3-5-15(14)19)20-16(24)10-25-18-22-21-17(12-6-7-12)23(18)13-8-9-13/h2-5,11-13H,6-10H2,1H3,(H,20,24)/t11-/m1/s1. The molecule has 132 valence electrons. The molecule has 2 aliphatic rings. The molecule has 2 aliphatic carbocycles. The van der Waals surface area contributed by atoms with E-state index >= 15 is 0 Å². The fraction of sp³-hybridized carbons (Fsp3) is 0.500. The molecule has 1 heterocycles. The maximum atomic E-state index is 12.3. The topological polar surface area (TPSA) is 59.8 Å². The van der Waals surface area contributed by atoms with Crippen LogP contribution in [0.5, 0.6) is 0 Å². The highest BCUT2D eigenvalue weighted by Crippen LogP contribution is 2.45. The molecule has 0 bridgehead atoms. The smallest absolute Gasteiger partial charge is 0.230 e. The Labute approximate surface area is 156 Å². The third-order valence-electron chi connectivity index (χ3n) is 4.63. The molecule has 25 heavy (non-hydrogen) atoms. The molecule has 1 aromatic carbocycles.